The van der Waals surface area contributed by atoms with Crippen LogP contribution in [-0.2, 0) is 23.1 Å². The average Bonchev–Trinajstić information content (AvgIpc) is 2.84. The summed E-state index contributed by atoms with van der Waals surface area (Å²) < 4.78 is 24.8. The number of aromatic nitrogens is 2. The van der Waals surface area contributed by atoms with Crippen LogP contribution < -0.4 is 10.5 Å². The van der Waals surface area contributed by atoms with Gasteiger partial charge in [0.1, 0.15) is 4.90 Å². The van der Waals surface area contributed by atoms with E-state index in [1.165, 1.54) is 6.07 Å². The van der Waals surface area contributed by atoms with Crippen molar-refractivity contribution in [1.29, 1.82) is 0 Å². The number of nitrogens with one attached hydrogen (secondary N) is 1. The van der Waals surface area contributed by atoms with Crippen molar-refractivity contribution in [2.24, 2.45) is 5.14 Å². The van der Waals surface area contributed by atoms with Crippen molar-refractivity contribution in [3.05, 3.63) is 45.2 Å². The fourth-order valence-corrected chi connectivity index (χ4v) is 3.49. The van der Waals surface area contributed by atoms with Crippen molar-refractivity contribution in [3.63, 3.8) is 0 Å². The van der Waals surface area contributed by atoms with Crippen LogP contribution in [0.3, 0.4) is 0 Å². The number of nitrogens with two attached hydrogens (primary N) is 1. The molecular weight excluding hydrogens is 375 g/mol. The molecule has 2 rings (SSSR count). The summed E-state index contributed by atoms with van der Waals surface area (Å²) in [5.41, 5.74) is 1.62. The first kappa shape index (κ1) is 18.7. The van der Waals surface area contributed by atoms with Crippen LogP contribution in [0.25, 0.3) is 0 Å². The molecule has 24 heavy (non-hydrogen) atoms. The predicted octanol–water partition coefficient (Wildman–Crippen LogP) is 2.10. The zero-order chi connectivity index (χ0) is 18.1. The van der Waals surface area contributed by atoms with Gasteiger partial charge in [-0.05, 0) is 26.0 Å². The van der Waals surface area contributed by atoms with Gasteiger partial charge < -0.3 is 5.32 Å². The molecular formula is C14H16Cl2N4O3S. The molecule has 1 amide bonds. The lowest BCUT2D eigenvalue weighted by Crippen LogP contribution is -2.24. The van der Waals surface area contributed by atoms with E-state index in [9.17, 15) is 13.2 Å². The SMILES string of the molecule is CCn1cc(CNC(=O)c2cc(S(N)(=O)=O)c(Cl)cc2Cl)c(C)n1. The molecule has 0 spiro atoms. The number of amides is 1. The van der Waals surface area contributed by atoms with Crippen molar-refractivity contribution >= 4 is 39.1 Å². The monoisotopic (exact) mass is 390 g/mol. The molecule has 1 aromatic heterocycles. The standard InChI is InChI=1S/C14H16Cl2N4O3S/c1-3-20-7-9(8(2)19-20)6-18-14(21)10-4-13(24(17,22)23)12(16)5-11(10)15/h4-5,7H,3,6H2,1-2H3,(H,18,21)(H2,17,22,23). The van der Waals surface area contributed by atoms with Crippen LogP contribution in [0, 0.1) is 6.92 Å². The van der Waals surface area contributed by atoms with Crippen LogP contribution in [0.2, 0.25) is 10.0 Å². The first-order valence-electron chi connectivity index (χ1n) is 6.96. The normalized spacial score (nSPS) is 11.5. The van der Waals surface area contributed by atoms with E-state index in [4.69, 9.17) is 28.3 Å². The maximum atomic E-state index is 12.3. The second-order valence-electron chi connectivity index (χ2n) is 5.09. The van der Waals surface area contributed by atoms with Gasteiger partial charge in [-0.15, -0.1) is 0 Å². The smallest absolute Gasteiger partial charge is 0.253 e. The summed E-state index contributed by atoms with van der Waals surface area (Å²) in [4.78, 5) is 12.0. The summed E-state index contributed by atoms with van der Waals surface area (Å²) in [7, 11) is -4.06. The minimum atomic E-state index is -4.06. The van der Waals surface area contributed by atoms with Crippen LogP contribution in [-0.4, -0.2) is 24.1 Å². The van der Waals surface area contributed by atoms with Gasteiger partial charge in [0.15, 0.2) is 0 Å². The quantitative estimate of drug-likeness (QED) is 0.814. The second-order valence-corrected chi connectivity index (χ2v) is 7.43. The van der Waals surface area contributed by atoms with Crippen molar-refractivity contribution < 1.29 is 13.2 Å². The fourth-order valence-electron chi connectivity index (χ4n) is 2.09. The number of rotatable bonds is 5. The second kappa shape index (κ2) is 7.10. The highest BCUT2D eigenvalue weighted by Gasteiger charge is 2.20. The van der Waals surface area contributed by atoms with Gasteiger partial charge in [0.2, 0.25) is 10.0 Å². The molecule has 1 heterocycles. The van der Waals surface area contributed by atoms with Crippen molar-refractivity contribution in [3.8, 4) is 0 Å². The lowest BCUT2D eigenvalue weighted by Gasteiger charge is -2.09. The number of carbonyl (C=O) groups is 1. The third-order valence-corrected chi connectivity index (χ3v) is 5.07. The van der Waals surface area contributed by atoms with E-state index in [2.05, 4.69) is 10.4 Å². The lowest BCUT2D eigenvalue weighted by molar-refractivity contribution is 0.0951. The fraction of sp³-hybridized carbons (Fsp3) is 0.286. The molecule has 0 aliphatic rings. The molecule has 10 heteroatoms. The maximum Gasteiger partial charge on any atom is 0.253 e. The summed E-state index contributed by atoms with van der Waals surface area (Å²) in [6.07, 6.45) is 1.83. The minimum Gasteiger partial charge on any atom is -0.348 e. The molecule has 2 aromatic rings. The van der Waals surface area contributed by atoms with Crippen LogP contribution in [0.15, 0.2) is 23.2 Å². The van der Waals surface area contributed by atoms with E-state index in [-0.39, 0.29) is 27.0 Å². The Hall–Kier alpha value is -1.61. The molecule has 0 aliphatic carbocycles. The number of aryl methyl sites for hydroxylation is 2. The first-order valence-corrected chi connectivity index (χ1v) is 9.26. The highest BCUT2D eigenvalue weighted by atomic mass is 35.5. The molecule has 0 saturated heterocycles. The van der Waals surface area contributed by atoms with Gasteiger partial charge in [0, 0.05) is 24.8 Å². The van der Waals surface area contributed by atoms with Gasteiger partial charge >= 0.3 is 0 Å². The molecule has 0 unspecified atom stereocenters. The molecule has 1 aromatic carbocycles. The molecule has 0 saturated carbocycles. The van der Waals surface area contributed by atoms with E-state index in [0.717, 1.165) is 23.9 Å². The summed E-state index contributed by atoms with van der Waals surface area (Å²) >= 11 is 11.8. The van der Waals surface area contributed by atoms with E-state index in [0.29, 0.717) is 0 Å². The van der Waals surface area contributed by atoms with Gasteiger partial charge in [-0.2, -0.15) is 5.10 Å². The lowest BCUT2D eigenvalue weighted by atomic mass is 10.2. The zero-order valence-corrected chi connectivity index (χ0v) is 15.3. The Morgan fingerprint density at radius 3 is 2.54 bits per heavy atom. The number of primary sulfonamides is 1. The Bertz CT molecular complexity index is 894. The number of halogens is 2. The van der Waals surface area contributed by atoms with E-state index in [1.54, 1.807) is 4.68 Å². The Balaban J connectivity index is 2.25. The number of hydrogen-bond donors (Lipinski definition) is 2. The Kier molecular flexibility index (Phi) is 5.54. The number of hydrogen-bond acceptors (Lipinski definition) is 4. The minimum absolute atomic E-state index is 0.0226. The van der Waals surface area contributed by atoms with Crippen LogP contribution in [0.5, 0.6) is 0 Å². The Morgan fingerprint density at radius 1 is 1.33 bits per heavy atom. The van der Waals surface area contributed by atoms with Gasteiger partial charge in [0.05, 0.1) is 21.3 Å². The predicted molar refractivity (Wildman–Crippen MR) is 91.6 cm³/mol. The Labute approximate surface area is 149 Å². The molecule has 0 fully saturated rings. The third-order valence-electron chi connectivity index (χ3n) is 3.38. The maximum absolute atomic E-state index is 12.3. The van der Waals surface area contributed by atoms with Gasteiger partial charge in [-0.3, -0.25) is 9.48 Å². The van der Waals surface area contributed by atoms with E-state index >= 15 is 0 Å². The summed E-state index contributed by atoms with van der Waals surface area (Å²) in [5, 5.41) is 11.9. The summed E-state index contributed by atoms with van der Waals surface area (Å²) in [6, 6.07) is 2.25. The molecule has 0 bridgehead atoms. The number of benzene rings is 1. The van der Waals surface area contributed by atoms with Crippen molar-refractivity contribution in [1.82, 2.24) is 15.1 Å². The molecule has 0 atom stereocenters. The molecule has 7 nitrogen and oxygen atoms in total. The van der Waals surface area contributed by atoms with Crippen LogP contribution in [0.4, 0.5) is 0 Å². The molecule has 0 radical (unpaired) electrons. The van der Waals surface area contributed by atoms with Gasteiger partial charge in [0.25, 0.3) is 5.91 Å². The third kappa shape index (κ3) is 4.07. The highest BCUT2D eigenvalue weighted by Crippen LogP contribution is 2.28. The van der Waals surface area contributed by atoms with E-state index in [1.807, 2.05) is 20.0 Å². The summed E-state index contributed by atoms with van der Waals surface area (Å²) in [6.45, 7) is 4.74. The highest BCUT2D eigenvalue weighted by molar-refractivity contribution is 7.89. The largest absolute Gasteiger partial charge is 0.348 e. The first-order chi connectivity index (χ1) is 11.1. The molecule has 0 aliphatic heterocycles. The topological polar surface area (TPSA) is 107 Å². The molecule has 3 N–H and O–H groups in total. The van der Waals surface area contributed by atoms with Crippen molar-refractivity contribution in [2.45, 2.75) is 31.8 Å². The van der Waals surface area contributed by atoms with Crippen LogP contribution in [0.1, 0.15) is 28.5 Å². The van der Waals surface area contributed by atoms with Gasteiger partial charge in [-0.1, -0.05) is 23.2 Å². The van der Waals surface area contributed by atoms with E-state index < -0.39 is 15.9 Å². The zero-order valence-electron chi connectivity index (χ0n) is 13.0. The number of sulfonamides is 1. The Morgan fingerprint density at radius 2 is 2.00 bits per heavy atom. The average molecular weight is 391 g/mol. The van der Waals surface area contributed by atoms with Gasteiger partial charge in [-0.25, -0.2) is 13.6 Å². The van der Waals surface area contributed by atoms with Crippen molar-refractivity contribution in [2.75, 3.05) is 0 Å². The number of nitrogens with zero attached hydrogens (tertiary/aromatic N) is 2. The molecule has 130 valence electrons. The number of carbonyl (C=O) groups excluding carboxylic acids is 1. The van der Waals surface area contributed by atoms with Crippen LogP contribution >= 0.6 is 23.2 Å². The summed E-state index contributed by atoms with van der Waals surface area (Å²) in [5.74, 6) is -0.537.